The average molecular weight is 257 g/mol. The van der Waals surface area contributed by atoms with Gasteiger partial charge in [-0.2, -0.15) is 0 Å². The number of rotatable bonds is 3. The Labute approximate surface area is 110 Å². The Bertz CT molecular complexity index is 681. The highest BCUT2D eigenvalue weighted by Gasteiger charge is 2.12. The van der Waals surface area contributed by atoms with E-state index in [-0.39, 0.29) is 0 Å². The number of fused-ring (bicyclic) bond motifs is 1. The van der Waals surface area contributed by atoms with Crippen LogP contribution < -0.4 is 5.73 Å². The summed E-state index contributed by atoms with van der Waals surface area (Å²) < 4.78 is 2.28. The summed E-state index contributed by atoms with van der Waals surface area (Å²) in [7, 11) is 0. The van der Waals surface area contributed by atoms with Crippen LogP contribution in [0.4, 0.5) is 5.00 Å². The molecule has 0 atom stereocenters. The maximum atomic E-state index is 5.82. The van der Waals surface area contributed by atoms with Gasteiger partial charge in [0.15, 0.2) is 5.82 Å². The van der Waals surface area contributed by atoms with E-state index < -0.39 is 0 Å². The van der Waals surface area contributed by atoms with Crippen molar-refractivity contribution < 1.29 is 0 Å². The van der Waals surface area contributed by atoms with Gasteiger partial charge in [-0.05, 0) is 30.7 Å². The molecule has 0 spiro atoms. The molecule has 0 unspecified atom stereocenters. The highest BCUT2D eigenvalue weighted by Crippen LogP contribution is 2.31. The van der Waals surface area contributed by atoms with Gasteiger partial charge in [-0.3, -0.25) is 0 Å². The first kappa shape index (κ1) is 11.3. The first-order valence-corrected chi connectivity index (χ1v) is 6.92. The van der Waals surface area contributed by atoms with E-state index in [1.807, 2.05) is 18.2 Å². The van der Waals surface area contributed by atoms with Gasteiger partial charge in [-0.25, -0.2) is 4.98 Å². The summed E-state index contributed by atoms with van der Waals surface area (Å²) in [5, 5.41) is 0.833. The first-order valence-electron chi connectivity index (χ1n) is 6.10. The van der Waals surface area contributed by atoms with E-state index in [4.69, 9.17) is 10.7 Å². The van der Waals surface area contributed by atoms with Crippen molar-refractivity contribution in [1.82, 2.24) is 9.55 Å². The topological polar surface area (TPSA) is 43.8 Å². The van der Waals surface area contributed by atoms with Crippen molar-refractivity contribution in [3.63, 3.8) is 0 Å². The Morgan fingerprint density at radius 2 is 2.06 bits per heavy atom. The molecule has 2 aromatic heterocycles. The molecule has 3 nitrogen and oxygen atoms in total. The smallest absolute Gasteiger partial charge is 0.151 e. The molecule has 0 bridgehead atoms. The summed E-state index contributed by atoms with van der Waals surface area (Å²) in [5.41, 5.74) is 8.06. The minimum Gasteiger partial charge on any atom is -0.391 e. The van der Waals surface area contributed by atoms with E-state index >= 15 is 0 Å². The highest BCUT2D eigenvalue weighted by molar-refractivity contribution is 7.19. The number of nitrogens with zero attached hydrogens (tertiary/aromatic N) is 2. The van der Waals surface area contributed by atoms with Crippen molar-refractivity contribution in [3.8, 4) is 10.7 Å². The Hall–Kier alpha value is -1.81. The Morgan fingerprint density at radius 1 is 1.22 bits per heavy atom. The van der Waals surface area contributed by atoms with Crippen molar-refractivity contribution in [2.75, 3.05) is 5.73 Å². The third-order valence-electron chi connectivity index (χ3n) is 2.95. The van der Waals surface area contributed by atoms with Crippen molar-refractivity contribution in [2.45, 2.75) is 19.9 Å². The Morgan fingerprint density at radius 3 is 2.78 bits per heavy atom. The van der Waals surface area contributed by atoms with Crippen LogP contribution in [0.2, 0.25) is 0 Å². The summed E-state index contributed by atoms with van der Waals surface area (Å²) >= 11 is 1.59. The molecule has 92 valence electrons. The predicted octanol–water partition coefficient (Wildman–Crippen LogP) is 3.76. The van der Waals surface area contributed by atoms with Crippen LogP contribution in [-0.2, 0) is 6.54 Å². The molecule has 0 radical (unpaired) electrons. The molecule has 0 saturated heterocycles. The second-order valence-electron chi connectivity index (χ2n) is 4.28. The second kappa shape index (κ2) is 4.46. The quantitative estimate of drug-likeness (QED) is 0.776. The molecule has 0 amide bonds. The van der Waals surface area contributed by atoms with Gasteiger partial charge in [0.2, 0.25) is 0 Å². The number of para-hydroxylation sites is 2. The summed E-state index contributed by atoms with van der Waals surface area (Å²) in [6, 6.07) is 12.3. The number of nitrogen functional groups attached to an aromatic ring is 1. The first-order chi connectivity index (χ1) is 8.79. The van der Waals surface area contributed by atoms with Crippen LogP contribution >= 0.6 is 11.3 Å². The molecule has 0 aliphatic carbocycles. The van der Waals surface area contributed by atoms with E-state index in [0.717, 1.165) is 34.2 Å². The van der Waals surface area contributed by atoms with Crippen molar-refractivity contribution in [1.29, 1.82) is 0 Å². The summed E-state index contributed by atoms with van der Waals surface area (Å²) in [4.78, 5) is 5.87. The van der Waals surface area contributed by atoms with Crippen molar-refractivity contribution >= 4 is 27.4 Å². The zero-order valence-corrected chi connectivity index (χ0v) is 11.1. The zero-order chi connectivity index (χ0) is 12.5. The Kier molecular flexibility index (Phi) is 2.80. The fourth-order valence-corrected chi connectivity index (χ4v) is 2.96. The maximum absolute atomic E-state index is 5.82. The van der Waals surface area contributed by atoms with Crippen molar-refractivity contribution in [3.05, 3.63) is 36.4 Å². The molecule has 3 aromatic rings. The molecular weight excluding hydrogens is 242 g/mol. The van der Waals surface area contributed by atoms with Crippen LogP contribution in [0, 0.1) is 0 Å². The van der Waals surface area contributed by atoms with Gasteiger partial charge in [-0.15, -0.1) is 11.3 Å². The molecule has 2 N–H and O–H groups in total. The molecule has 18 heavy (non-hydrogen) atoms. The SMILES string of the molecule is CCCn1c(-c2ccc(N)s2)nc2ccccc21. The third kappa shape index (κ3) is 1.78. The monoisotopic (exact) mass is 257 g/mol. The standard InChI is InChI=1S/C14H15N3S/c1-2-9-17-11-6-4-3-5-10(11)16-14(17)12-7-8-13(15)18-12/h3-8H,2,9,15H2,1H3. The molecule has 0 aliphatic heterocycles. The van der Waals surface area contributed by atoms with E-state index in [1.54, 1.807) is 11.3 Å². The lowest BCUT2D eigenvalue weighted by atomic mass is 10.3. The van der Waals surface area contributed by atoms with E-state index in [2.05, 4.69) is 29.7 Å². The lowest BCUT2D eigenvalue weighted by molar-refractivity contribution is 0.705. The molecule has 2 heterocycles. The number of hydrogen-bond donors (Lipinski definition) is 1. The number of anilines is 1. The molecule has 0 aliphatic rings. The number of imidazole rings is 1. The molecule has 4 heteroatoms. The Balaban J connectivity index is 2.24. The normalized spacial score (nSPS) is 11.2. The number of aromatic nitrogens is 2. The third-order valence-corrected chi connectivity index (χ3v) is 3.86. The van der Waals surface area contributed by atoms with E-state index in [1.165, 1.54) is 5.52 Å². The second-order valence-corrected chi connectivity index (χ2v) is 5.39. The van der Waals surface area contributed by atoms with Crippen LogP contribution in [-0.4, -0.2) is 9.55 Å². The van der Waals surface area contributed by atoms with Crippen LogP contribution in [0.25, 0.3) is 21.7 Å². The van der Waals surface area contributed by atoms with Gasteiger partial charge in [0.1, 0.15) is 0 Å². The van der Waals surface area contributed by atoms with Gasteiger partial charge in [0.25, 0.3) is 0 Å². The number of nitrogens with two attached hydrogens (primary N) is 1. The fraction of sp³-hybridized carbons (Fsp3) is 0.214. The predicted molar refractivity (Wildman–Crippen MR) is 77.7 cm³/mol. The van der Waals surface area contributed by atoms with Gasteiger partial charge >= 0.3 is 0 Å². The molecular formula is C14H15N3S. The molecule has 0 saturated carbocycles. The summed E-state index contributed by atoms with van der Waals surface area (Å²) in [6.07, 6.45) is 1.09. The lowest BCUT2D eigenvalue weighted by Crippen LogP contribution is -1.98. The molecule has 3 rings (SSSR count). The maximum Gasteiger partial charge on any atom is 0.151 e. The largest absolute Gasteiger partial charge is 0.391 e. The number of aryl methyl sites for hydroxylation is 1. The number of hydrogen-bond acceptors (Lipinski definition) is 3. The minimum absolute atomic E-state index is 0.833. The van der Waals surface area contributed by atoms with Crippen LogP contribution in [0.3, 0.4) is 0 Å². The minimum atomic E-state index is 0.833. The van der Waals surface area contributed by atoms with E-state index in [9.17, 15) is 0 Å². The van der Waals surface area contributed by atoms with Gasteiger partial charge in [0.05, 0.1) is 20.9 Å². The van der Waals surface area contributed by atoms with Crippen molar-refractivity contribution in [2.24, 2.45) is 0 Å². The summed E-state index contributed by atoms with van der Waals surface area (Å²) in [5.74, 6) is 1.03. The lowest BCUT2D eigenvalue weighted by Gasteiger charge is -2.05. The van der Waals surface area contributed by atoms with Gasteiger partial charge < -0.3 is 10.3 Å². The number of thiophene rings is 1. The summed E-state index contributed by atoms with van der Waals surface area (Å²) in [6.45, 7) is 3.16. The van der Waals surface area contributed by atoms with Crippen LogP contribution in [0.5, 0.6) is 0 Å². The van der Waals surface area contributed by atoms with Crippen LogP contribution in [0.15, 0.2) is 36.4 Å². The molecule has 0 fully saturated rings. The highest BCUT2D eigenvalue weighted by atomic mass is 32.1. The van der Waals surface area contributed by atoms with Gasteiger partial charge in [0, 0.05) is 6.54 Å². The van der Waals surface area contributed by atoms with Gasteiger partial charge in [-0.1, -0.05) is 19.1 Å². The van der Waals surface area contributed by atoms with Crippen LogP contribution in [0.1, 0.15) is 13.3 Å². The average Bonchev–Trinajstić information content (AvgIpc) is 2.95. The van der Waals surface area contributed by atoms with E-state index in [0.29, 0.717) is 0 Å². The fourth-order valence-electron chi connectivity index (χ4n) is 2.19. The number of benzene rings is 1. The molecule has 1 aromatic carbocycles. The zero-order valence-electron chi connectivity index (χ0n) is 10.3.